The lowest BCUT2D eigenvalue weighted by molar-refractivity contribution is 0.102. The first-order valence-electron chi connectivity index (χ1n) is 8.49. The number of hydrogen-bond acceptors (Lipinski definition) is 3. The van der Waals surface area contributed by atoms with E-state index in [1.165, 1.54) is 24.9 Å². The van der Waals surface area contributed by atoms with Crippen LogP contribution in [0.1, 0.15) is 36.5 Å². The Bertz CT molecular complexity index is 697. The van der Waals surface area contributed by atoms with Gasteiger partial charge in [0.05, 0.1) is 7.11 Å². The van der Waals surface area contributed by atoms with Gasteiger partial charge >= 0.3 is 0 Å². The number of nitrogens with one attached hydrogen (secondary N) is 1. The lowest BCUT2D eigenvalue weighted by Gasteiger charge is -2.35. The molecule has 0 radical (unpaired) electrons. The molecule has 1 amide bonds. The summed E-state index contributed by atoms with van der Waals surface area (Å²) in [5, 5.41) is 2.94. The first-order chi connectivity index (χ1) is 11.7. The first kappa shape index (κ1) is 16.4. The normalized spacial score (nSPS) is 17.4. The molecule has 1 aliphatic rings. The molecule has 0 saturated carbocycles. The Balaban J connectivity index is 1.68. The van der Waals surface area contributed by atoms with Gasteiger partial charge in [0.15, 0.2) is 0 Å². The lowest BCUT2D eigenvalue weighted by atomic mass is 10.0. The maximum Gasteiger partial charge on any atom is 0.255 e. The molecule has 1 N–H and O–H groups in total. The summed E-state index contributed by atoms with van der Waals surface area (Å²) in [6.07, 6.45) is 3.80. The number of piperidine rings is 1. The molecule has 0 unspecified atom stereocenters. The van der Waals surface area contributed by atoms with Gasteiger partial charge in [0, 0.05) is 29.5 Å². The number of carbonyl (C=O) groups excluding carboxylic acids is 1. The standard InChI is InChI=1S/C20H24N2O2/c1-15-6-3-4-13-22(15)18-11-9-17(10-12-18)21-20(23)16-7-5-8-19(14-16)24-2/h5,7-12,14-15H,3-4,6,13H2,1-2H3,(H,21,23)/t15-/m0/s1. The Labute approximate surface area is 143 Å². The van der Waals surface area contributed by atoms with Crippen molar-refractivity contribution in [3.8, 4) is 5.75 Å². The molecule has 4 nitrogen and oxygen atoms in total. The number of methoxy groups -OCH3 is 1. The zero-order chi connectivity index (χ0) is 16.9. The zero-order valence-electron chi connectivity index (χ0n) is 14.3. The van der Waals surface area contributed by atoms with E-state index in [1.54, 1.807) is 19.2 Å². The first-order valence-corrected chi connectivity index (χ1v) is 8.49. The van der Waals surface area contributed by atoms with Crippen molar-refractivity contribution in [1.29, 1.82) is 0 Å². The topological polar surface area (TPSA) is 41.6 Å². The van der Waals surface area contributed by atoms with Gasteiger partial charge in [0.1, 0.15) is 5.75 Å². The third kappa shape index (κ3) is 3.70. The molecule has 1 aliphatic heterocycles. The molecule has 0 aromatic heterocycles. The van der Waals surface area contributed by atoms with Gasteiger partial charge in [-0.15, -0.1) is 0 Å². The van der Waals surface area contributed by atoms with E-state index >= 15 is 0 Å². The molecular weight excluding hydrogens is 300 g/mol. The minimum Gasteiger partial charge on any atom is -0.497 e. The summed E-state index contributed by atoms with van der Waals surface area (Å²) in [6, 6.07) is 15.8. The van der Waals surface area contributed by atoms with Crippen LogP contribution in [0.25, 0.3) is 0 Å². The van der Waals surface area contributed by atoms with Crippen LogP contribution < -0.4 is 15.0 Å². The molecule has 0 spiro atoms. The van der Waals surface area contributed by atoms with Gasteiger partial charge < -0.3 is 15.0 Å². The number of carbonyl (C=O) groups is 1. The number of nitrogens with zero attached hydrogens (tertiary/aromatic N) is 1. The summed E-state index contributed by atoms with van der Waals surface area (Å²) in [7, 11) is 1.59. The molecule has 24 heavy (non-hydrogen) atoms. The van der Waals surface area contributed by atoms with Gasteiger partial charge in [0.2, 0.25) is 0 Å². The average molecular weight is 324 g/mol. The minimum atomic E-state index is -0.131. The molecular formula is C20H24N2O2. The fourth-order valence-electron chi connectivity index (χ4n) is 3.19. The fraction of sp³-hybridized carbons (Fsp3) is 0.350. The second kappa shape index (κ2) is 7.39. The predicted octanol–water partition coefficient (Wildman–Crippen LogP) is 4.33. The highest BCUT2D eigenvalue weighted by Crippen LogP contribution is 2.26. The monoisotopic (exact) mass is 324 g/mol. The van der Waals surface area contributed by atoms with E-state index in [2.05, 4.69) is 29.3 Å². The van der Waals surface area contributed by atoms with E-state index in [4.69, 9.17) is 4.74 Å². The molecule has 1 atom stereocenters. The van der Waals surface area contributed by atoms with Crippen molar-refractivity contribution in [2.75, 3.05) is 23.9 Å². The number of hydrogen-bond donors (Lipinski definition) is 1. The van der Waals surface area contributed by atoms with Crippen molar-refractivity contribution in [3.63, 3.8) is 0 Å². The number of ether oxygens (including phenoxy) is 1. The summed E-state index contributed by atoms with van der Waals surface area (Å²) in [4.78, 5) is 14.8. The number of amides is 1. The zero-order valence-corrected chi connectivity index (χ0v) is 14.3. The summed E-state index contributed by atoms with van der Waals surface area (Å²) < 4.78 is 5.16. The highest BCUT2D eigenvalue weighted by molar-refractivity contribution is 6.04. The van der Waals surface area contributed by atoms with Gasteiger partial charge in [-0.1, -0.05) is 6.07 Å². The summed E-state index contributed by atoms with van der Waals surface area (Å²) in [5.41, 5.74) is 2.61. The second-order valence-electron chi connectivity index (χ2n) is 6.27. The summed E-state index contributed by atoms with van der Waals surface area (Å²) >= 11 is 0. The van der Waals surface area contributed by atoms with Crippen LogP contribution >= 0.6 is 0 Å². The van der Waals surface area contributed by atoms with Crippen molar-refractivity contribution in [3.05, 3.63) is 54.1 Å². The van der Waals surface area contributed by atoms with Crippen LogP contribution in [0, 0.1) is 0 Å². The lowest BCUT2D eigenvalue weighted by Crippen LogP contribution is -2.37. The Kier molecular flexibility index (Phi) is 5.04. The smallest absolute Gasteiger partial charge is 0.255 e. The van der Waals surface area contributed by atoms with Crippen molar-refractivity contribution in [2.24, 2.45) is 0 Å². The summed E-state index contributed by atoms with van der Waals surface area (Å²) in [5.74, 6) is 0.546. The van der Waals surface area contributed by atoms with E-state index < -0.39 is 0 Å². The van der Waals surface area contributed by atoms with Crippen LogP contribution in [-0.2, 0) is 0 Å². The Morgan fingerprint density at radius 1 is 1.17 bits per heavy atom. The average Bonchev–Trinajstić information content (AvgIpc) is 2.63. The molecule has 1 saturated heterocycles. The molecule has 4 heteroatoms. The van der Waals surface area contributed by atoms with Crippen molar-refractivity contribution < 1.29 is 9.53 Å². The Hall–Kier alpha value is -2.49. The maximum atomic E-state index is 12.3. The van der Waals surface area contributed by atoms with Gasteiger partial charge in [-0.3, -0.25) is 4.79 Å². The van der Waals surface area contributed by atoms with Crippen LogP contribution in [0.2, 0.25) is 0 Å². The van der Waals surface area contributed by atoms with Crippen LogP contribution in [0.3, 0.4) is 0 Å². The van der Waals surface area contributed by atoms with Gasteiger partial charge in [-0.05, 0) is 68.7 Å². The molecule has 0 aliphatic carbocycles. The molecule has 2 aromatic rings. The fourth-order valence-corrected chi connectivity index (χ4v) is 3.19. The predicted molar refractivity (Wildman–Crippen MR) is 98.0 cm³/mol. The third-order valence-electron chi connectivity index (χ3n) is 4.59. The molecule has 126 valence electrons. The Morgan fingerprint density at radius 2 is 1.96 bits per heavy atom. The van der Waals surface area contributed by atoms with Crippen molar-refractivity contribution in [2.45, 2.75) is 32.2 Å². The molecule has 3 rings (SSSR count). The van der Waals surface area contributed by atoms with Gasteiger partial charge in [-0.25, -0.2) is 0 Å². The van der Waals surface area contributed by atoms with Crippen LogP contribution in [0.15, 0.2) is 48.5 Å². The number of benzene rings is 2. The van der Waals surface area contributed by atoms with Crippen LogP contribution in [0.4, 0.5) is 11.4 Å². The van der Waals surface area contributed by atoms with E-state index in [0.717, 1.165) is 12.2 Å². The second-order valence-corrected chi connectivity index (χ2v) is 6.27. The van der Waals surface area contributed by atoms with Crippen LogP contribution in [0.5, 0.6) is 5.75 Å². The van der Waals surface area contributed by atoms with E-state index in [9.17, 15) is 4.79 Å². The van der Waals surface area contributed by atoms with Crippen LogP contribution in [-0.4, -0.2) is 25.6 Å². The SMILES string of the molecule is COc1cccc(C(=O)Nc2ccc(N3CCCC[C@@H]3C)cc2)c1. The molecule has 1 heterocycles. The van der Waals surface area contributed by atoms with Crippen molar-refractivity contribution >= 4 is 17.3 Å². The van der Waals surface area contributed by atoms with E-state index in [1.807, 2.05) is 24.3 Å². The van der Waals surface area contributed by atoms with Crippen molar-refractivity contribution in [1.82, 2.24) is 0 Å². The van der Waals surface area contributed by atoms with E-state index in [0.29, 0.717) is 17.4 Å². The highest BCUT2D eigenvalue weighted by atomic mass is 16.5. The highest BCUT2D eigenvalue weighted by Gasteiger charge is 2.18. The number of rotatable bonds is 4. The third-order valence-corrected chi connectivity index (χ3v) is 4.59. The Morgan fingerprint density at radius 3 is 2.67 bits per heavy atom. The van der Waals surface area contributed by atoms with E-state index in [-0.39, 0.29) is 5.91 Å². The quantitative estimate of drug-likeness (QED) is 0.910. The summed E-state index contributed by atoms with van der Waals surface area (Å²) in [6.45, 7) is 3.38. The maximum absolute atomic E-state index is 12.3. The van der Waals surface area contributed by atoms with Gasteiger partial charge in [-0.2, -0.15) is 0 Å². The largest absolute Gasteiger partial charge is 0.497 e. The molecule has 2 aromatic carbocycles. The minimum absolute atomic E-state index is 0.131. The molecule has 1 fully saturated rings. The van der Waals surface area contributed by atoms with Gasteiger partial charge in [0.25, 0.3) is 5.91 Å². The molecule has 0 bridgehead atoms. The number of anilines is 2.